The van der Waals surface area contributed by atoms with Crippen molar-refractivity contribution >= 4 is 23.3 Å². The molecule has 2 aliphatic carbocycles. The van der Waals surface area contributed by atoms with Gasteiger partial charge in [0.1, 0.15) is 0 Å². The van der Waals surface area contributed by atoms with Crippen molar-refractivity contribution in [2.45, 2.75) is 89.1 Å². The number of amides is 2. The molecule has 2 amide bonds. The lowest BCUT2D eigenvalue weighted by Gasteiger charge is -2.33. The number of aromatic nitrogens is 1. The van der Waals surface area contributed by atoms with E-state index < -0.39 is 0 Å². The first kappa shape index (κ1) is 19.7. The van der Waals surface area contributed by atoms with Crippen LogP contribution < -0.4 is 4.74 Å². The van der Waals surface area contributed by atoms with Gasteiger partial charge in [-0.3, -0.25) is 4.79 Å². The van der Waals surface area contributed by atoms with Crippen molar-refractivity contribution in [2.75, 3.05) is 13.1 Å². The van der Waals surface area contributed by atoms with Crippen molar-refractivity contribution in [3.05, 3.63) is 10.4 Å². The van der Waals surface area contributed by atoms with E-state index in [1.54, 1.807) is 11.3 Å². The molecule has 3 fully saturated rings. The largest absolute Gasteiger partial charge is 0.417 e. The fraction of sp³-hybridized carbons (Fsp3) is 0.762. The molecular weight excluding hydrogens is 374 g/mol. The summed E-state index contributed by atoms with van der Waals surface area (Å²) in [4.78, 5) is 33.3. The lowest BCUT2D eigenvalue weighted by Crippen LogP contribution is -2.44. The Morgan fingerprint density at radius 2 is 1.79 bits per heavy atom. The van der Waals surface area contributed by atoms with Crippen molar-refractivity contribution in [1.29, 1.82) is 0 Å². The Morgan fingerprint density at radius 3 is 2.43 bits per heavy atom. The third-order valence-corrected chi connectivity index (χ3v) is 7.30. The topological polar surface area (TPSA) is 62.7 Å². The van der Waals surface area contributed by atoms with E-state index in [0.717, 1.165) is 56.6 Å². The van der Waals surface area contributed by atoms with Gasteiger partial charge in [0, 0.05) is 37.5 Å². The van der Waals surface area contributed by atoms with Crippen LogP contribution in [0.15, 0.2) is 5.38 Å². The number of ether oxygens (including phenoxy) is 1. The zero-order chi connectivity index (χ0) is 19.5. The maximum absolute atomic E-state index is 12.9. The van der Waals surface area contributed by atoms with Crippen LogP contribution in [0, 0.1) is 0 Å². The van der Waals surface area contributed by atoms with Gasteiger partial charge in [0.05, 0.1) is 10.4 Å². The molecule has 1 aliphatic heterocycles. The highest BCUT2D eigenvalue weighted by Crippen LogP contribution is 2.36. The van der Waals surface area contributed by atoms with E-state index in [4.69, 9.17) is 4.74 Å². The van der Waals surface area contributed by atoms with Crippen LogP contribution in [-0.4, -0.2) is 52.0 Å². The molecule has 28 heavy (non-hydrogen) atoms. The highest BCUT2D eigenvalue weighted by Gasteiger charge is 2.39. The van der Waals surface area contributed by atoms with Gasteiger partial charge in [-0.1, -0.05) is 26.2 Å². The molecule has 0 atom stereocenters. The van der Waals surface area contributed by atoms with Crippen molar-refractivity contribution in [2.24, 2.45) is 0 Å². The maximum Gasteiger partial charge on any atom is 0.417 e. The molecule has 1 aromatic rings. The second kappa shape index (κ2) is 8.80. The second-order valence-corrected chi connectivity index (χ2v) is 9.22. The summed E-state index contributed by atoms with van der Waals surface area (Å²) in [6.45, 7) is 3.50. The van der Waals surface area contributed by atoms with Crippen LogP contribution in [0.25, 0.3) is 0 Å². The Morgan fingerprint density at radius 1 is 1.11 bits per heavy atom. The molecule has 7 heteroatoms. The van der Waals surface area contributed by atoms with E-state index in [1.165, 1.54) is 19.3 Å². The Balaban J connectivity index is 1.34. The van der Waals surface area contributed by atoms with Crippen LogP contribution >= 0.6 is 11.3 Å². The molecule has 0 spiro atoms. The summed E-state index contributed by atoms with van der Waals surface area (Å²) in [5, 5.41) is 2.89. The quantitative estimate of drug-likeness (QED) is 0.721. The zero-order valence-electron chi connectivity index (χ0n) is 16.8. The van der Waals surface area contributed by atoms with Gasteiger partial charge in [0.15, 0.2) is 0 Å². The average Bonchev–Trinajstić information content (AvgIpc) is 3.45. The van der Waals surface area contributed by atoms with Gasteiger partial charge >= 0.3 is 6.09 Å². The first-order valence-corrected chi connectivity index (χ1v) is 11.8. The van der Waals surface area contributed by atoms with Crippen molar-refractivity contribution in [3.63, 3.8) is 0 Å². The van der Waals surface area contributed by atoms with Crippen LogP contribution in [0.2, 0.25) is 0 Å². The SMILES string of the molecule is CCC(=O)N1CCC(c2nc(OC(=O)N(C3CCCCC3)C3CC3)cs2)CC1. The number of thiazole rings is 1. The Labute approximate surface area is 171 Å². The molecule has 1 saturated heterocycles. The molecule has 0 aromatic carbocycles. The zero-order valence-corrected chi connectivity index (χ0v) is 17.6. The normalized spacial score (nSPS) is 21.5. The first-order chi connectivity index (χ1) is 13.7. The molecule has 4 rings (SSSR count). The fourth-order valence-corrected chi connectivity index (χ4v) is 5.45. The van der Waals surface area contributed by atoms with E-state index in [2.05, 4.69) is 4.98 Å². The minimum atomic E-state index is -0.213. The molecule has 0 unspecified atom stereocenters. The average molecular weight is 406 g/mol. The van der Waals surface area contributed by atoms with Crippen LogP contribution in [0.5, 0.6) is 5.88 Å². The lowest BCUT2D eigenvalue weighted by atomic mass is 9.94. The third-order valence-electron chi connectivity index (χ3n) is 6.31. The van der Waals surface area contributed by atoms with Crippen LogP contribution in [0.4, 0.5) is 4.79 Å². The van der Waals surface area contributed by atoms with E-state index in [0.29, 0.717) is 30.3 Å². The second-order valence-electron chi connectivity index (χ2n) is 8.33. The molecule has 3 aliphatic rings. The van der Waals surface area contributed by atoms with Gasteiger partial charge in [-0.25, -0.2) is 9.78 Å². The number of carbonyl (C=O) groups excluding carboxylic acids is 2. The monoisotopic (exact) mass is 405 g/mol. The molecule has 2 heterocycles. The molecule has 0 bridgehead atoms. The Bertz CT molecular complexity index is 689. The van der Waals surface area contributed by atoms with Gasteiger partial charge in [0.2, 0.25) is 11.8 Å². The van der Waals surface area contributed by atoms with Gasteiger partial charge in [0.25, 0.3) is 0 Å². The minimum absolute atomic E-state index is 0.213. The summed E-state index contributed by atoms with van der Waals surface area (Å²) in [6.07, 6.45) is 10.3. The number of hydrogen-bond donors (Lipinski definition) is 0. The predicted molar refractivity (Wildman–Crippen MR) is 109 cm³/mol. The number of nitrogens with zero attached hydrogens (tertiary/aromatic N) is 3. The number of piperidine rings is 1. The summed E-state index contributed by atoms with van der Waals surface area (Å²) >= 11 is 1.57. The molecular formula is C21H31N3O3S. The molecule has 1 aromatic heterocycles. The standard InChI is InChI=1S/C21H31N3O3S/c1-2-19(25)23-12-10-15(11-13-23)20-22-18(14-28-20)27-21(26)24(17-8-9-17)16-6-4-3-5-7-16/h14-17H,2-13H2,1H3. The molecule has 0 N–H and O–H groups in total. The number of hydrogen-bond acceptors (Lipinski definition) is 5. The summed E-state index contributed by atoms with van der Waals surface area (Å²) in [7, 11) is 0. The van der Waals surface area contributed by atoms with Gasteiger partial charge in [-0.15, -0.1) is 11.3 Å². The van der Waals surface area contributed by atoms with Gasteiger partial charge < -0.3 is 14.5 Å². The van der Waals surface area contributed by atoms with Crippen LogP contribution in [0.1, 0.15) is 82.1 Å². The Kier molecular flexibility index (Phi) is 6.19. The minimum Gasteiger partial charge on any atom is -0.390 e. The van der Waals surface area contributed by atoms with E-state index in [1.807, 2.05) is 22.1 Å². The van der Waals surface area contributed by atoms with Crippen LogP contribution in [-0.2, 0) is 4.79 Å². The van der Waals surface area contributed by atoms with Crippen molar-refractivity contribution in [1.82, 2.24) is 14.8 Å². The van der Waals surface area contributed by atoms with E-state index in [-0.39, 0.29) is 12.0 Å². The van der Waals surface area contributed by atoms with Crippen LogP contribution in [0.3, 0.4) is 0 Å². The Hall–Kier alpha value is -1.63. The summed E-state index contributed by atoms with van der Waals surface area (Å²) in [5.74, 6) is 1.03. The number of carbonyl (C=O) groups is 2. The van der Waals surface area contributed by atoms with Crippen molar-refractivity contribution in [3.8, 4) is 5.88 Å². The highest BCUT2D eigenvalue weighted by atomic mass is 32.1. The molecule has 2 saturated carbocycles. The van der Waals surface area contributed by atoms with Gasteiger partial charge in [-0.2, -0.15) is 0 Å². The molecule has 154 valence electrons. The highest BCUT2D eigenvalue weighted by molar-refractivity contribution is 7.09. The fourth-order valence-electron chi connectivity index (χ4n) is 4.56. The number of likely N-dealkylation sites (tertiary alicyclic amines) is 1. The molecule has 0 radical (unpaired) electrons. The van der Waals surface area contributed by atoms with E-state index >= 15 is 0 Å². The lowest BCUT2D eigenvalue weighted by molar-refractivity contribution is -0.131. The number of rotatable bonds is 5. The maximum atomic E-state index is 12.9. The third kappa shape index (κ3) is 4.50. The first-order valence-electron chi connectivity index (χ1n) is 10.9. The predicted octanol–water partition coefficient (Wildman–Crippen LogP) is 4.56. The summed E-state index contributed by atoms with van der Waals surface area (Å²) in [5.41, 5.74) is 0. The summed E-state index contributed by atoms with van der Waals surface area (Å²) in [6, 6.07) is 0.710. The van der Waals surface area contributed by atoms with E-state index in [9.17, 15) is 9.59 Å². The van der Waals surface area contributed by atoms with Gasteiger partial charge in [-0.05, 0) is 38.5 Å². The summed E-state index contributed by atoms with van der Waals surface area (Å²) < 4.78 is 5.70. The van der Waals surface area contributed by atoms with Crippen molar-refractivity contribution < 1.29 is 14.3 Å². The smallest absolute Gasteiger partial charge is 0.390 e. The molecule has 6 nitrogen and oxygen atoms in total.